The summed E-state index contributed by atoms with van der Waals surface area (Å²) in [5.74, 6) is -24.4. The van der Waals surface area contributed by atoms with Crippen molar-refractivity contribution in [1.82, 2.24) is 4.72 Å². The van der Waals surface area contributed by atoms with Gasteiger partial charge in [0.2, 0.25) is 11.6 Å². The van der Waals surface area contributed by atoms with Crippen LogP contribution in [0.4, 0.5) is 43.9 Å². The summed E-state index contributed by atoms with van der Waals surface area (Å²) in [5, 5.41) is 0.294. The molecule has 0 saturated heterocycles. The molecular weight excluding hydrogens is 472 g/mol. The summed E-state index contributed by atoms with van der Waals surface area (Å²) in [5.41, 5.74) is -2.97. The van der Waals surface area contributed by atoms with Gasteiger partial charge in [-0.15, -0.1) is 0 Å². The zero-order valence-electron chi connectivity index (χ0n) is 14.3. The lowest BCUT2D eigenvalue weighted by atomic mass is 10.1. The average Bonchev–Trinajstić information content (AvgIpc) is 2.73. The third kappa shape index (κ3) is 4.85. The highest BCUT2D eigenvalue weighted by Gasteiger charge is 2.26. The van der Waals surface area contributed by atoms with Crippen LogP contribution < -0.4 is 4.72 Å². The molecule has 31 heavy (non-hydrogen) atoms. The Morgan fingerprint density at radius 2 is 0.935 bits per heavy atom. The van der Waals surface area contributed by atoms with Gasteiger partial charge in [0.05, 0.1) is 11.1 Å². The molecule has 0 fully saturated rings. The molecule has 0 bridgehead atoms. The quantitative estimate of drug-likeness (QED) is 0.226. The van der Waals surface area contributed by atoms with Gasteiger partial charge in [-0.25, -0.2) is 43.9 Å². The van der Waals surface area contributed by atoms with Crippen LogP contribution in [0.25, 0.3) is 12.2 Å². The Labute approximate surface area is 169 Å². The van der Waals surface area contributed by atoms with E-state index in [0.717, 1.165) is 0 Å². The standard InChI is InChI=1S/C17H5F10NO2S/c18-8-5(9(19)13(23)16(26)12(8)22)1-2-7(29)28-31(30)4-3-6-10(20)14(24)17(27)15(25)11(6)21/h1-4H,(H,28,29)/b2-1-,4-3+. The van der Waals surface area contributed by atoms with E-state index in [1.807, 2.05) is 0 Å². The second-order valence-corrected chi connectivity index (χ2v) is 6.44. The van der Waals surface area contributed by atoms with E-state index >= 15 is 0 Å². The molecule has 166 valence electrons. The molecule has 0 heterocycles. The smallest absolute Gasteiger partial charge is 0.285 e. The normalized spacial score (nSPS) is 12.7. The first-order valence-corrected chi connectivity index (χ1v) is 8.70. The van der Waals surface area contributed by atoms with Crippen molar-refractivity contribution >= 4 is 29.4 Å². The minimum absolute atomic E-state index is 0.163. The average molecular weight is 477 g/mol. The number of rotatable bonds is 5. The van der Waals surface area contributed by atoms with Crippen molar-refractivity contribution < 1.29 is 53.3 Å². The molecule has 2 rings (SSSR count). The van der Waals surface area contributed by atoms with E-state index in [4.69, 9.17) is 0 Å². The SMILES string of the molecule is O=C(/C=C\c1c(F)c(F)c(F)c(F)c1F)N[S+]([O-])/C=C/c1c(F)c(F)c(F)c(F)c1F. The second-order valence-electron chi connectivity index (χ2n) is 5.37. The maximum atomic E-state index is 13.5. The summed E-state index contributed by atoms with van der Waals surface area (Å²) < 4.78 is 145. The fraction of sp³-hybridized carbons (Fsp3) is 0. The molecule has 2 aromatic carbocycles. The van der Waals surface area contributed by atoms with Gasteiger partial charge in [0.1, 0.15) is 16.8 Å². The van der Waals surface area contributed by atoms with Crippen LogP contribution in [0.1, 0.15) is 11.1 Å². The maximum absolute atomic E-state index is 13.5. The van der Waals surface area contributed by atoms with Crippen molar-refractivity contribution in [3.05, 3.63) is 80.8 Å². The number of carbonyl (C=O) groups excluding carboxylic acids is 1. The largest absolute Gasteiger partial charge is 0.588 e. The van der Waals surface area contributed by atoms with Crippen LogP contribution in [-0.4, -0.2) is 10.5 Å². The molecule has 0 radical (unpaired) electrons. The van der Waals surface area contributed by atoms with E-state index in [1.165, 1.54) is 4.72 Å². The minimum atomic E-state index is -2.67. The number of benzene rings is 2. The van der Waals surface area contributed by atoms with E-state index < -0.39 is 86.6 Å². The van der Waals surface area contributed by atoms with E-state index in [9.17, 15) is 53.3 Å². The number of halogens is 10. The lowest BCUT2D eigenvalue weighted by Crippen LogP contribution is -2.27. The highest BCUT2D eigenvalue weighted by molar-refractivity contribution is 7.93. The summed E-state index contributed by atoms with van der Waals surface area (Å²) >= 11 is -2.67. The molecule has 14 heteroatoms. The summed E-state index contributed by atoms with van der Waals surface area (Å²) in [7, 11) is 0. The lowest BCUT2D eigenvalue weighted by molar-refractivity contribution is -0.114. The van der Waals surface area contributed by atoms with Crippen molar-refractivity contribution in [1.29, 1.82) is 0 Å². The van der Waals surface area contributed by atoms with Crippen molar-refractivity contribution in [3.8, 4) is 0 Å². The Balaban J connectivity index is 2.18. The Bertz CT molecular complexity index is 1060. The van der Waals surface area contributed by atoms with E-state index in [2.05, 4.69) is 0 Å². The lowest BCUT2D eigenvalue weighted by Gasteiger charge is -2.06. The van der Waals surface area contributed by atoms with Gasteiger partial charge in [-0.05, 0) is 6.08 Å². The molecule has 3 nitrogen and oxygen atoms in total. The van der Waals surface area contributed by atoms with Gasteiger partial charge in [0, 0.05) is 12.2 Å². The van der Waals surface area contributed by atoms with Crippen molar-refractivity contribution in [2.75, 3.05) is 0 Å². The molecular formula is C17H5F10NO2S. The monoisotopic (exact) mass is 477 g/mol. The Kier molecular flexibility index (Phi) is 7.38. The summed E-state index contributed by atoms with van der Waals surface area (Å²) in [6.07, 6.45) is 0.569. The van der Waals surface area contributed by atoms with E-state index in [0.29, 0.717) is 5.41 Å². The van der Waals surface area contributed by atoms with Crippen LogP contribution >= 0.6 is 0 Å². The van der Waals surface area contributed by atoms with Gasteiger partial charge >= 0.3 is 0 Å². The molecule has 0 spiro atoms. The molecule has 0 aliphatic carbocycles. The Hall–Kier alpha value is -3.00. The number of amides is 1. The number of carbonyl (C=O) groups is 1. The molecule has 0 aromatic heterocycles. The predicted octanol–water partition coefficient (Wildman–Crippen LogP) is 4.54. The van der Waals surface area contributed by atoms with Crippen LogP contribution in [-0.2, 0) is 16.2 Å². The summed E-state index contributed by atoms with van der Waals surface area (Å²) in [4.78, 5) is 11.5. The van der Waals surface area contributed by atoms with Crippen molar-refractivity contribution in [3.63, 3.8) is 0 Å². The number of hydrogen-bond donors (Lipinski definition) is 1. The first-order chi connectivity index (χ1) is 14.4. The summed E-state index contributed by atoms with van der Waals surface area (Å²) in [6, 6.07) is 0. The molecule has 2 aromatic rings. The fourth-order valence-corrected chi connectivity index (χ4v) is 2.59. The summed E-state index contributed by atoms with van der Waals surface area (Å²) in [6.45, 7) is 0. The maximum Gasteiger partial charge on any atom is 0.285 e. The van der Waals surface area contributed by atoms with Gasteiger partial charge in [0.25, 0.3) is 5.91 Å². The van der Waals surface area contributed by atoms with Crippen LogP contribution in [0, 0.1) is 58.2 Å². The van der Waals surface area contributed by atoms with Gasteiger partial charge < -0.3 is 4.55 Å². The van der Waals surface area contributed by atoms with Gasteiger partial charge in [-0.2, -0.15) is 4.72 Å². The second kappa shape index (κ2) is 9.43. The van der Waals surface area contributed by atoms with Crippen LogP contribution in [0.3, 0.4) is 0 Å². The third-order valence-electron chi connectivity index (χ3n) is 3.45. The van der Waals surface area contributed by atoms with Crippen LogP contribution in [0.15, 0.2) is 11.5 Å². The molecule has 1 unspecified atom stereocenters. The number of nitrogens with one attached hydrogen (secondary N) is 1. The fourth-order valence-electron chi connectivity index (χ4n) is 1.99. The van der Waals surface area contributed by atoms with Crippen LogP contribution in [0.2, 0.25) is 0 Å². The van der Waals surface area contributed by atoms with Gasteiger partial charge in [-0.1, -0.05) is 0 Å². The topological polar surface area (TPSA) is 52.2 Å². The van der Waals surface area contributed by atoms with Gasteiger partial charge in [-0.3, -0.25) is 4.79 Å². The van der Waals surface area contributed by atoms with Crippen LogP contribution in [0.5, 0.6) is 0 Å². The number of hydrogen-bond acceptors (Lipinski definition) is 2. The molecule has 0 aliphatic rings. The highest BCUT2D eigenvalue weighted by atomic mass is 32.2. The Morgan fingerprint density at radius 1 is 0.613 bits per heavy atom. The Morgan fingerprint density at radius 3 is 1.32 bits per heavy atom. The third-order valence-corrected chi connectivity index (χ3v) is 4.23. The minimum Gasteiger partial charge on any atom is -0.588 e. The first kappa shape index (κ1) is 24.3. The molecule has 1 N–H and O–H groups in total. The molecule has 0 aliphatic heterocycles. The zero-order valence-corrected chi connectivity index (χ0v) is 15.1. The van der Waals surface area contributed by atoms with E-state index in [1.54, 1.807) is 0 Å². The highest BCUT2D eigenvalue weighted by Crippen LogP contribution is 2.25. The van der Waals surface area contributed by atoms with Crippen molar-refractivity contribution in [2.45, 2.75) is 0 Å². The van der Waals surface area contributed by atoms with Crippen molar-refractivity contribution in [2.24, 2.45) is 0 Å². The van der Waals surface area contributed by atoms with E-state index in [-0.39, 0.29) is 18.2 Å². The van der Waals surface area contributed by atoms with Gasteiger partial charge in [0.15, 0.2) is 46.5 Å². The molecule has 1 atom stereocenters. The zero-order chi connectivity index (χ0) is 23.6. The molecule has 0 saturated carbocycles. The molecule has 1 amide bonds. The first-order valence-electron chi connectivity index (χ1n) is 7.48. The predicted molar refractivity (Wildman–Crippen MR) is 86.8 cm³/mol.